The number of piperidine rings is 2. The molecule has 2 fully saturated rings. The Bertz CT molecular complexity index is 437. The minimum atomic E-state index is -1.02. The van der Waals surface area contributed by atoms with Crippen LogP contribution in [0.15, 0.2) is 0 Å². The molecule has 2 rings (SSSR count). The van der Waals surface area contributed by atoms with Crippen molar-refractivity contribution in [1.29, 1.82) is 0 Å². The van der Waals surface area contributed by atoms with E-state index in [9.17, 15) is 19.2 Å². The van der Waals surface area contributed by atoms with E-state index in [4.69, 9.17) is 9.84 Å². The number of carbonyl (C=O) groups excluding carboxylic acids is 3. The Morgan fingerprint density at radius 2 is 1.59 bits per heavy atom. The molecular formula is C14H22N2O6. The van der Waals surface area contributed by atoms with Crippen molar-refractivity contribution in [2.75, 3.05) is 19.7 Å². The highest BCUT2D eigenvalue weighted by Crippen LogP contribution is 2.12. The third-order valence-corrected chi connectivity index (χ3v) is 3.44. The summed E-state index contributed by atoms with van der Waals surface area (Å²) in [5, 5.41) is 13.6. The van der Waals surface area contributed by atoms with Gasteiger partial charge in [0.2, 0.25) is 11.8 Å². The van der Waals surface area contributed by atoms with Gasteiger partial charge in [-0.25, -0.2) is 0 Å². The topological polar surface area (TPSA) is 122 Å². The van der Waals surface area contributed by atoms with E-state index < -0.39 is 23.8 Å². The van der Waals surface area contributed by atoms with Gasteiger partial charge in [0, 0.05) is 13.1 Å². The molecule has 2 saturated heterocycles. The fraction of sp³-hybridized carbons (Fsp3) is 0.714. The van der Waals surface area contributed by atoms with E-state index in [1.807, 2.05) is 0 Å². The predicted octanol–water partition coefficient (Wildman–Crippen LogP) is -0.327. The summed E-state index contributed by atoms with van der Waals surface area (Å²) in [6.07, 6.45) is 2.71. The van der Waals surface area contributed by atoms with Gasteiger partial charge in [0.1, 0.15) is 11.8 Å². The molecule has 0 spiro atoms. The van der Waals surface area contributed by atoms with E-state index in [0.717, 1.165) is 12.8 Å². The van der Waals surface area contributed by atoms with E-state index >= 15 is 0 Å². The molecule has 0 aliphatic carbocycles. The summed E-state index contributed by atoms with van der Waals surface area (Å²) in [5.41, 5.74) is 0. The molecule has 124 valence electrons. The van der Waals surface area contributed by atoms with Crippen LogP contribution in [0.3, 0.4) is 0 Å². The maximum Gasteiger partial charge on any atom is 0.318 e. The van der Waals surface area contributed by atoms with Crippen LogP contribution in [0.1, 0.15) is 32.6 Å². The van der Waals surface area contributed by atoms with Crippen LogP contribution >= 0.6 is 0 Å². The summed E-state index contributed by atoms with van der Waals surface area (Å²) < 4.78 is 4.75. The first-order valence-corrected chi connectivity index (χ1v) is 7.42. The highest BCUT2D eigenvalue weighted by Gasteiger charge is 2.30. The van der Waals surface area contributed by atoms with E-state index in [-0.39, 0.29) is 11.8 Å². The van der Waals surface area contributed by atoms with Crippen molar-refractivity contribution in [2.45, 2.75) is 32.6 Å². The van der Waals surface area contributed by atoms with Crippen LogP contribution in [0.25, 0.3) is 0 Å². The average Bonchev–Trinajstić information content (AvgIpc) is 2.48. The second-order valence-electron chi connectivity index (χ2n) is 5.06. The average molecular weight is 314 g/mol. The molecule has 8 heteroatoms. The molecule has 0 radical (unpaired) electrons. The molecule has 0 bridgehead atoms. The molecule has 2 amide bonds. The van der Waals surface area contributed by atoms with Crippen LogP contribution in [-0.4, -0.2) is 48.6 Å². The smallest absolute Gasteiger partial charge is 0.318 e. The lowest BCUT2D eigenvalue weighted by Crippen LogP contribution is -2.41. The van der Waals surface area contributed by atoms with Crippen molar-refractivity contribution >= 4 is 23.8 Å². The molecule has 2 aliphatic rings. The lowest BCUT2D eigenvalue weighted by Gasteiger charge is -2.19. The lowest BCUT2D eigenvalue weighted by atomic mass is 9.99. The fourth-order valence-electron chi connectivity index (χ4n) is 2.25. The molecule has 22 heavy (non-hydrogen) atoms. The number of amides is 2. The van der Waals surface area contributed by atoms with Gasteiger partial charge >= 0.3 is 11.9 Å². The van der Waals surface area contributed by atoms with E-state index in [2.05, 4.69) is 10.6 Å². The predicted molar refractivity (Wildman–Crippen MR) is 75.7 cm³/mol. The highest BCUT2D eigenvalue weighted by molar-refractivity contribution is 5.98. The van der Waals surface area contributed by atoms with Crippen LogP contribution in [0.2, 0.25) is 0 Å². The molecule has 2 aliphatic heterocycles. The van der Waals surface area contributed by atoms with Gasteiger partial charge in [-0.15, -0.1) is 0 Å². The van der Waals surface area contributed by atoms with Crippen molar-refractivity contribution in [1.82, 2.24) is 10.6 Å². The zero-order valence-electron chi connectivity index (χ0n) is 12.6. The Morgan fingerprint density at radius 1 is 1.09 bits per heavy atom. The van der Waals surface area contributed by atoms with Crippen LogP contribution in [0.4, 0.5) is 0 Å². The maximum absolute atomic E-state index is 11.1. The van der Waals surface area contributed by atoms with Crippen molar-refractivity contribution in [3.63, 3.8) is 0 Å². The van der Waals surface area contributed by atoms with Crippen molar-refractivity contribution in [2.24, 2.45) is 11.8 Å². The summed E-state index contributed by atoms with van der Waals surface area (Å²) >= 11 is 0. The van der Waals surface area contributed by atoms with Gasteiger partial charge in [-0.2, -0.15) is 0 Å². The summed E-state index contributed by atoms with van der Waals surface area (Å²) in [6, 6.07) is 0. The van der Waals surface area contributed by atoms with Crippen LogP contribution in [0, 0.1) is 11.8 Å². The Kier molecular flexibility index (Phi) is 7.34. The SMILES string of the molecule is CCOC(=O)C1CCCNC1=O.O=C(O)C1CCCNC1=O. The van der Waals surface area contributed by atoms with Gasteiger partial charge in [0.15, 0.2) is 0 Å². The second kappa shape index (κ2) is 9.01. The first-order chi connectivity index (χ1) is 10.5. The molecule has 0 aromatic carbocycles. The van der Waals surface area contributed by atoms with Gasteiger partial charge in [-0.3, -0.25) is 19.2 Å². The minimum Gasteiger partial charge on any atom is -0.481 e. The fourth-order valence-corrected chi connectivity index (χ4v) is 2.25. The van der Waals surface area contributed by atoms with Crippen LogP contribution in [0.5, 0.6) is 0 Å². The Balaban J connectivity index is 0.000000224. The Morgan fingerprint density at radius 3 is 1.95 bits per heavy atom. The monoisotopic (exact) mass is 314 g/mol. The molecule has 3 N–H and O–H groups in total. The maximum atomic E-state index is 11.1. The van der Waals surface area contributed by atoms with E-state index in [1.165, 1.54) is 0 Å². The molecule has 8 nitrogen and oxygen atoms in total. The van der Waals surface area contributed by atoms with E-state index in [1.54, 1.807) is 6.92 Å². The quantitative estimate of drug-likeness (QED) is 0.484. The van der Waals surface area contributed by atoms with Crippen molar-refractivity contribution in [3.05, 3.63) is 0 Å². The molecule has 0 aromatic heterocycles. The normalized spacial score (nSPS) is 24.2. The number of nitrogens with one attached hydrogen (secondary N) is 2. The van der Waals surface area contributed by atoms with Gasteiger partial charge in [0.25, 0.3) is 0 Å². The van der Waals surface area contributed by atoms with Crippen molar-refractivity contribution in [3.8, 4) is 0 Å². The molecule has 2 atom stereocenters. The summed E-state index contributed by atoms with van der Waals surface area (Å²) in [7, 11) is 0. The minimum absolute atomic E-state index is 0.195. The third kappa shape index (κ3) is 5.34. The number of aliphatic carboxylic acids is 1. The first kappa shape index (κ1) is 17.9. The molecule has 2 heterocycles. The molecule has 0 saturated carbocycles. The molecular weight excluding hydrogens is 292 g/mol. The number of carbonyl (C=O) groups is 4. The Hall–Kier alpha value is -2.12. The number of esters is 1. The summed E-state index contributed by atoms with van der Waals surface area (Å²) in [6.45, 7) is 3.36. The number of hydrogen-bond acceptors (Lipinski definition) is 5. The largest absolute Gasteiger partial charge is 0.481 e. The molecule has 2 unspecified atom stereocenters. The number of carboxylic acids is 1. The van der Waals surface area contributed by atoms with Gasteiger partial charge in [-0.1, -0.05) is 0 Å². The first-order valence-electron chi connectivity index (χ1n) is 7.42. The summed E-state index contributed by atoms with van der Waals surface area (Å²) in [4.78, 5) is 43.3. The second-order valence-corrected chi connectivity index (χ2v) is 5.06. The zero-order chi connectivity index (χ0) is 16.5. The number of carboxylic acid groups (broad SMARTS) is 1. The van der Waals surface area contributed by atoms with Gasteiger partial charge in [0.05, 0.1) is 6.61 Å². The van der Waals surface area contributed by atoms with Crippen molar-refractivity contribution < 1.29 is 29.0 Å². The van der Waals surface area contributed by atoms with Gasteiger partial charge < -0.3 is 20.5 Å². The standard InChI is InChI=1S/C8H13NO3.C6H9NO3/c1-2-12-8(11)6-4-3-5-9-7(6)10;8-5-4(6(9)10)2-1-3-7-5/h6H,2-5H2,1H3,(H,9,10);4H,1-3H2,(H,7,8)(H,9,10). The molecule has 0 aromatic rings. The van der Waals surface area contributed by atoms with Gasteiger partial charge in [-0.05, 0) is 32.6 Å². The number of ether oxygens (including phenoxy) is 1. The number of rotatable bonds is 3. The summed E-state index contributed by atoms with van der Waals surface area (Å²) in [5.74, 6) is -3.34. The van der Waals surface area contributed by atoms with Crippen LogP contribution in [-0.2, 0) is 23.9 Å². The van der Waals surface area contributed by atoms with E-state index in [0.29, 0.717) is 32.5 Å². The van der Waals surface area contributed by atoms with Crippen LogP contribution < -0.4 is 10.6 Å². The zero-order valence-corrected chi connectivity index (χ0v) is 12.6. The third-order valence-electron chi connectivity index (χ3n) is 3.44. The highest BCUT2D eigenvalue weighted by atomic mass is 16.5. The number of hydrogen-bond donors (Lipinski definition) is 3. The Labute approximate surface area is 128 Å². The lowest BCUT2D eigenvalue weighted by molar-refractivity contribution is -0.153.